The molecule has 1 aromatic heterocycles. The largest absolute Gasteiger partial charge is 0.388 e. The number of hydrogen-bond acceptors (Lipinski definition) is 4. The van der Waals surface area contributed by atoms with E-state index in [9.17, 15) is 5.11 Å². The lowest BCUT2D eigenvalue weighted by atomic mass is 9.99. The Morgan fingerprint density at radius 2 is 2.36 bits per heavy atom. The maximum absolute atomic E-state index is 10.2. The lowest BCUT2D eigenvalue weighted by molar-refractivity contribution is 0.0495. The Balaban J connectivity index is 2.07. The Kier molecular flexibility index (Phi) is 2.28. The maximum atomic E-state index is 10.2. The molecule has 2 heterocycles. The van der Waals surface area contributed by atoms with Crippen LogP contribution >= 0.6 is 0 Å². The normalized spacial score (nSPS) is 28.5. The van der Waals surface area contributed by atoms with E-state index in [1.165, 1.54) is 6.33 Å². The van der Waals surface area contributed by atoms with Crippen molar-refractivity contribution in [1.29, 1.82) is 0 Å². The minimum atomic E-state index is -0.616. The van der Waals surface area contributed by atoms with E-state index >= 15 is 0 Å². The van der Waals surface area contributed by atoms with Crippen molar-refractivity contribution in [2.75, 3.05) is 20.1 Å². The highest BCUT2D eigenvalue weighted by Crippen LogP contribution is 2.23. The monoisotopic (exact) mass is 196 g/mol. The van der Waals surface area contributed by atoms with Crippen LogP contribution in [0.1, 0.15) is 12.2 Å². The smallest absolute Gasteiger partial charge is 0.138 e. The molecule has 1 N–H and O–H groups in total. The van der Waals surface area contributed by atoms with Crippen molar-refractivity contribution in [3.05, 3.63) is 12.2 Å². The Labute approximate surface area is 83.4 Å². The maximum Gasteiger partial charge on any atom is 0.138 e. The van der Waals surface area contributed by atoms with Gasteiger partial charge in [0, 0.05) is 26.6 Å². The van der Waals surface area contributed by atoms with Crippen molar-refractivity contribution in [2.45, 2.75) is 18.4 Å². The molecule has 1 fully saturated rings. The summed E-state index contributed by atoms with van der Waals surface area (Å²) >= 11 is 0. The second-order valence-corrected chi connectivity index (χ2v) is 4.19. The highest BCUT2D eigenvalue weighted by atomic mass is 16.3. The summed E-state index contributed by atoms with van der Waals surface area (Å²) in [6.07, 6.45) is 2.93. The molecule has 0 bridgehead atoms. The number of aryl methyl sites for hydroxylation is 1. The summed E-state index contributed by atoms with van der Waals surface area (Å²) in [6, 6.07) is 0. The average molecular weight is 196 g/mol. The van der Waals surface area contributed by atoms with Crippen LogP contribution in [0.2, 0.25) is 0 Å². The van der Waals surface area contributed by atoms with Crippen molar-refractivity contribution in [1.82, 2.24) is 19.7 Å². The standard InChI is InChI=1S/C9H16N4O/c1-12-4-3-9(14,6-12)5-8-10-7-11-13(8)2/h7,14H,3-6H2,1-2H3. The molecule has 1 aromatic rings. The topological polar surface area (TPSA) is 54.2 Å². The third kappa shape index (κ3) is 1.78. The summed E-state index contributed by atoms with van der Waals surface area (Å²) in [7, 11) is 3.87. The molecule has 1 saturated heterocycles. The van der Waals surface area contributed by atoms with Crippen LogP contribution in [0.3, 0.4) is 0 Å². The van der Waals surface area contributed by atoms with Crippen LogP contribution in [0.25, 0.3) is 0 Å². The first-order valence-corrected chi connectivity index (χ1v) is 4.83. The molecule has 1 aliphatic rings. The van der Waals surface area contributed by atoms with Gasteiger partial charge in [-0.1, -0.05) is 0 Å². The first kappa shape index (κ1) is 9.61. The van der Waals surface area contributed by atoms with Crippen molar-refractivity contribution < 1.29 is 5.11 Å². The van der Waals surface area contributed by atoms with E-state index in [4.69, 9.17) is 0 Å². The fourth-order valence-corrected chi connectivity index (χ4v) is 1.98. The molecule has 5 heteroatoms. The molecule has 0 aromatic carbocycles. The lowest BCUT2D eigenvalue weighted by Gasteiger charge is -2.21. The lowest BCUT2D eigenvalue weighted by Crippen LogP contribution is -2.35. The van der Waals surface area contributed by atoms with E-state index in [0.29, 0.717) is 6.42 Å². The first-order chi connectivity index (χ1) is 6.59. The quantitative estimate of drug-likeness (QED) is 0.688. The Hall–Kier alpha value is -0.940. The van der Waals surface area contributed by atoms with Gasteiger partial charge in [-0.2, -0.15) is 5.10 Å². The van der Waals surface area contributed by atoms with E-state index in [2.05, 4.69) is 15.0 Å². The molecule has 5 nitrogen and oxygen atoms in total. The van der Waals surface area contributed by atoms with Crippen molar-refractivity contribution in [3.8, 4) is 0 Å². The summed E-state index contributed by atoms with van der Waals surface area (Å²) in [5, 5.41) is 14.2. The third-order valence-electron chi connectivity index (χ3n) is 2.82. The number of likely N-dealkylation sites (N-methyl/N-ethyl adjacent to an activating group) is 1. The van der Waals surface area contributed by atoms with E-state index in [-0.39, 0.29) is 0 Å². The van der Waals surface area contributed by atoms with Gasteiger partial charge in [-0.05, 0) is 13.5 Å². The highest BCUT2D eigenvalue weighted by Gasteiger charge is 2.35. The second kappa shape index (κ2) is 3.33. The van der Waals surface area contributed by atoms with Gasteiger partial charge < -0.3 is 10.0 Å². The third-order valence-corrected chi connectivity index (χ3v) is 2.82. The van der Waals surface area contributed by atoms with Crippen LogP contribution in [0.15, 0.2) is 6.33 Å². The molecular formula is C9H16N4O. The summed E-state index contributed by atoms with van der Waals surface area (Å²) < 4.78 is 1.72. The van der Waals surface area contributed by atoms with E-state index in [0.717, 1.165) is 25.3 Å². The predicted octanol–water partition coefficient (Wildman–Crippen LogP) is -0.576. The van der Waals surface area contributed by atoms with E-state index in [1.807, 2.05) is 14.1 Å². The Bertz CT molecular complexity index is 324. The van der Waals surface area contributed by atoms with Crippen LogP contribution in [-0.4, -0.2) is 50.5 Å². The molecular weight excluding hydrogens is 180 g/mol. The van der Waals surface area contributed by atoms with Crippen molar-refractivity contribution in [3.63, 3.8) is 0 Å². The van der Waals surface area contributed by atoms with Gasteiger partial charge in [0.25, 0.3) is 0 Å². The second-order valence-electron chi connectivity index (χ2n) is 4.19. The number of nitrogens with zero attached hydrogens (tertiary/aromatic N) is 4. The Morgan fingerprint density at radius 3 is 2.86 bits per heavy atom. The molecule has 78 valence electrons. The predicted molar refractivity (Wildman–Crippen MR) is 51.8 cm³/mol. The zero-order chi connectivity index (χ0) is 10.2. The molecule has 0 saturated carbocycles. The van der Waals surface area contributed by atoms with Gasteiger partial charge in [-0.15, -0.1) is 0 Å². The zero-order valence-corrected chi connectivity index (χ0v) is 8.64. The van der Waals surface area contributed by atoms with Crippen LogP contribution in [0, 0.1) is 0 Å². The number of hydrogen-bond donors (Lipinski definition) is 1. The van der Waals surface area contributed by atoms with E-state index in [1.54, 1.807) is 4.68 Å². The highest BCUT2D eigenvalue weighted by molar-refractivity contribution is 4.98. The molecule has 2 rings (SSSR count). The molecule has 0 amide bonds. The first-order valence-electron chi connectivity index (χ1n) is 4.83. The van der Waals surface area contributed by atoms with Gasteiger partial charge in [-0.3, -0.25) is 4.68 Å². The Morgan fingerprint density at radius 1 is 1.57 bits per heavy atom. The number of β-amino-alcohol motifs (C(OH)–C–C–N with tert-alkyl or cyclic N) is 1. The van der Waals surface area contributed by atoms with Crippen LogP contribution in [-0.2, 0) is 13.5 Å². The van der Waals surface area contributed by atoms with Gasteiger partial charge in [0.15, 0.2) is 0 Å². The molecule has 1 unspecified atom stereocenters. The summed E-state index contributed by atoms with van der Waals surface area (Å²) in [4.78, 5) is 6.26. The van der Waals surface area contributed by atoms with Gasteiger partial charge in [0.2, 0.25) is 0 Å². The molecule has 1 aliphatic heterocycles. The van der Waals surface area contributed by atoms with Crippen LogP contribution in [0.4, 0.5) is 0 Å². The van der Waals surface area contributed by atoms with Gasteiger partial charge in [0.05, 0.1) is 5.60 Å². The minimum Gasteiger partial charge on any atom is -0.388 e. The number of aliphatic hydroxyl groups is 1. The summed E-state index contributed by atoms with van der Waals surface area (Å²) in [6.45, 7) is 1.67. The summed E-state index contributed by atoms with van der Waals surface area (Å²) in [5.74, 6) is 0.850. The van der Waals surface area contributed by atoms with Crippen LogP contribution in [0.5, 0.6) is 0 Å². The molecule has 0 spiro atoms. The van der Waals surface area contributed by atoms with Gasteiger partial charge >= 0.3 is 0 Å². The zero-order valence-electron chi connectivity index (χ0n) is 8.64. The number of aromatic nitrogens is 3. The number of rotatable bonds is 2. The molecule has 0 aliphatic carbocycles. The summed E-state index contributed by atoms with van der Waals surface area (Å²) in [5.41, 5.74) is -0.616. The number of likely N-dealkylation sites (tertiary alicyclic amines) is 1. The minimum absolute atomic E-state index is 0.591. The van der Waals surface area contributed by atoms with Crippen molar-refractivity contribution >= 4 is 0 Å². The van der Waals surface area contributed by atoms with Crippen LogP contribution < -0.4 is 0 Å². The molecule has 0 radical (unpaired) electrons. The fourth-order valence-electron chi connectivity index (χ4n) is 1.98. The van der Waals surface area contributed by atoms with E-state index < -0.39 is 5.60 Å². The van der Waals surface area contributed by atoms with Crippen molar-refractivity contribution in [2.24, 2.45) is 7.05 Å². The molecule has 1 atom stereocenters. The van der Waals surface area contributed by atoms with Gasteiger partial charge in [-0.25, -0.2) is 4.98 Å². The molecule has 14 heavy (non-hydrogen) atoms. The SMILES string of the molecule is CN1CCC(O)(Cc2ncnn2C)C1. The fraction of sp³-hybridized carbons (Fsp3) is 0.778. The average Bonchev–Trinajstić information content (AvgIpc) is 2.62. The van der Waals surface area contributed by atoms with Gasteiger partial charge in [0.1, 0.15) is 12.2 Å².